The van der Waals surface area contributed by atoms with Gasteiger partial charge in [-0.05, 0) is 37.5 Å². The molecule has 2 atom stereocenters. The Bertz CT molecular complexity index is 846. The Labute approximate surface area is 169 Å². The van der Waals surface area contributed by atoms with Crippen molar-refractivity contribution in [3.8, 4) is 16.9 Å². The van der Waals surface area contributed by atoms with Crippen LogP contribution in [0.5, 0.6) is 5.75 Å². The molecular weight excluding hydrogens is 381 g/mol. The van der Waals surface area contributed by atoms with Gasteiger partial charge >= 0.3 is 0 Å². The number of hydrogen-bond donors (Lipinski definition) is 0. The van der Waals surface area contributed by atoms with Crippen molar-refractivity contribution in [3.05, 3.63) is 66.0 Å². The minimum Gasteiger partial charge on any atom is -0.486 e. The van der Waals surface area contributed by atoms with Crippen molar-refractivity contribution in [1.29, 1.82) is 0 Å². The topological polar surface area (TPSA) is 27.7 Å². The molecule has 0 spiro atoms. The molecule has 29 heavy (non-hydrogen) atoms. The van der Waals surface area contributed by atoms with Crippen molar-refractivity contribution < 1.29 is 27.4 Å². The zero-order valence-electron chi connectivity index (χ0n) is 16.4. The number of halogens is 3. The molecule has 1 aliphatic heterocycles. The molecule has 1 fully saturated rings. The van der Waals surface area contributed by atoms with Gasteiger partial charge in [-0.15, -0.1) is 0 Å². The van der Waals surface area contributed by atoms with Gasteiger partial charge in [-0.25, -0.2) is 13.2 Å². The monoisotopic (exact) mass is 406 g/mol. The van der Waals surface area contributed by atoms with Crippen molar-refractivity contribution in [2.24, 2.45) is 5.92 Å². The first-order valence-corrected chi connectivity index (χ1v) is 9.76. The van der Waals surface area contributed by atoms with Gasteiger partial charge in [0.25, 0.3) is 0 Å². The molecule has 0 aliphatic carbocycles. The Hall–Kier alpha value is -2.31. The highest BCUT2D eigenvalue weighted by molar-refractivity contribution is 5.66. The molecule has 3 nitrogen and oxygen atoms in total. The van der Waals surface area contributed by atoms with E-state index in [0.717, 1.165) is 12.5 Å². The van der Waals surface area contributed by atoms with Crippen LogP contribution in [0.4, 0.5) is 13.2 Å². The molecule has 6 heteroatoms. The van der Waals surface area contributed by atoms with Gasteiger partial charge in [-0.2, -0.15) is 0 Å². The summed E-state index contributed by atoms with van der Waals surface area (Å²) >= 11 is 0. The fourth-order valence-electron chi connectivity index (χ4n) is 3.44. The molecule has 2 aromatic rings. The van der Waals surface area contributed by atoms with Crippen molar-refractivity contribution in [3.63, 3.8) is 0 Å². The van der Waals surface area contributed by atoms with Crippen LogP contribution in [-0.4, -0.2) is 26.4 Å². The van der Waals surface area contributed by atoms with Crippen LogP contribution in [0.2, 0.25) is 0 Å². The first-order chi connectivity index (χ1) is 14.0. The van der Waals surface area contributed by atoms with E-state index < -0.39 is 23.6 Å². The molecule has 0 amide bonds. The van der Waals surface area contributed by atoms with Crippen LogP contribution in [0.3, 0.4) is 0 Å². The third-order valence-electron chi connectivity index (χ3n) is 4.99. The second-order valence-corrected chi connectivity index (χ2v) is 7.00. The lowest BCUT2D eigenvalue weighted by atomic mass is 9.93. The lowest BCUT2D eigenvalue weighted by molar-refractivity contribution is -0.0435. The molecule has 156 valence electrons. The predicted octanol–water partition coefficient (Wildman–Crippen LogP) is 5.84. The quantitative estimate of drug-likeness (QED) is 0.516. The molecule has 1 saturated heterocycles. The Morgan fingerprint density at radius 1 is 1.14 bits per heavy atom. The van der Waals surface area contributed by atoms with Crippen LogP contribution in [0.25, 0.3) is 11.1 Å². The molecule has 2 aromatic carbocycles. The number of ether oxygens (including phenoxy) is 3. The van der Waals surface area contributed by atoms with Crippen LogP contribution in [0.1, 0.15) is 31.4 Å². The van der Waals surface area contributed by atoms with Gasteiger partial charge in [-0.3, -0.25) is 0 Å². The maximum Gasteiger partial charge on any atom is 0.167 e. The van der Waals surface area contributed by atoms with E-state index >= 15 is 0 Å². The van der Waals surface area contributed by atoms with Crippen molar-refractivity contribution in [2.75, 3.05) is 26.4 Å². The Balaban J connectivity index is 1.76. The van der Waals surface area contributed by atoms with E-state index in [-0.39, 0.29) is 35.0 Å². The van der Waals surface area contributed by atoms with Crippen molar-refractivity contribution >= 4 is 0 Å². The van der Waals surface area contributed by atoms with Crippen LogP contribution < -0.4 is 4.74 Å². The molecule has 1 aliphatic rings. The van der Waals surface area contributed by atoms with Crippen LogP contribution in [-0.2, 0) is 9.47 Å². The fourth-order valence-corrected chi connectivity index (χ4v) is 3.44. The van der Waals surface area contributed by atoms with Gasteiger partial charge in [0.2, 0.25) is 0 Å². The highest BCUT2D eigenvalue weighted by Crippen LogP contribution is 2.36. The van der Waals surface area contributed by atoms with Crippen LogP contribution in [0.15, 0.2) is 43.0 Å². The summed E-state index contributed by atoms with van der Waals surface area (Å²) < 4.78 is 60.0. The number of hydrogen-bond acceptors (Lipinski definition) is 3. The minimum absolute atomic E-state index is 0.00884. The molecule has 0 bridgehead atoms. The zero-order chi connectivity index (χ0) is 20.8. The third-order valence-corrected chi connectivity index (χ3v) is 4.99. The van der Waals surface area contributed by atoms with Crippen LogP contribution in [0, 0.1) is 23.4 Å². The van der Waals surface area contributed by atoms with Gasteiger partial charge in [0.1, 0.15) is 6.61 Å². The van der Waals surface area contributed by atoms with Crippen LogP contribution >= 0.6 is 0 Å². The lowest BCUT2D eigenvalue weighted by Gasteiger charge is -2.29. The average Bonchev–Trinajstić information content (AvgIpc) is 2.74. The largest absolute Gasteiger partial charge is 0.486 e. The van der Waals surface area contributed by atoms with Crippen molar-refractivity contribution in [2.45, 2.75) is 25.9 Å². The fraction of sp³-hybridized carbons (Fsp3) is 0.391. The van der Waals surface area contributed by atoms with Gasteiger partial charge in [0, 0.05) is 23.7 Å². The minimum atomic E-state index is -1.01. The summed E-state index contributed by atoms with van der Waals surface area (Å²) in [6, 6.07) is 6.99. The Morgan fingerprint density at radius 2 is 1.97 bits per heavy atom. The maximum absolute atomic E-state index is 14.8. The summed E-state index contributed by atoms with van der Waals surface area (Å²) in [5.41, 5.74) is 0.413. The lowest BCUT2D eigenvalue weighted by Crippen LogP contribution is -2.25. The highest BCUT2D eigenvalue weighted by atomic mass is 19.2. The van der Waals surface area contributed by atoms with Gasteiger partial charge in [0.05, 0.1) is 19.3 Å². The summed E-state index contributed by atoms with van der Waals surface area (Å²) in [7, 11) is 0. The van der Waals surface area contributed by atoms with E-state index in [9.17, 15) is 13.2 Å². The number of benzene rings is 2. The molecule has 0 radical (unpaired) electrons. The standard InChI is InChI=1S/C23H25F3O3/c1-3-11-28-21-10-6-16(12-19(21)24)17-7-8-18(23(26)22(17)25)20-9-5-15(14-29-20)13-27-4-2/h3,6-8,10,12,15,20H,1,4-5,9,11,13-14H2,2H3. The van der Waals surface area contributed by atoms with E-state index in [2.05, 4.69) is 6.58 Å². The summed E-state index contributed by atoms with van der Waals surface area (Å²) in [4.78, 5) is 0. The van der Waals surface area contributed by atoms with Crippen molar-refractivity contribution in [1.82, 2.24) is 0 Å². The molecule has 0 N–H and O–H groups in total. The molecule has 1 heterocycles. The van der Waals surface area contributed by atoms with E-state index in [1.807, 2.05) is 6.92 Å². The first kappa shape index (κ1) is 21.4. The maximum atomic E-state index is 14.8. The summed E-state index contributed by atoms with van der Waals surface area (Å²) in [5, 5.41) is 0. The summed E-state index contributed by atoms with van der Waals surface area (Å²) in [6.45, 7) is 7.28. The smallest absolute Gasteiger partial charge is 0.167 e. The second kappa shape index (κ2) is 9.94. The van der Waals surface area contributed by atoms with E-state index in [1.165, 1.54) is 30.3 Å². The second-order valence-electron chi connectivity index (χ2n) is 7.00. The predicted molar refractivity (Wildman–Crippen MR) is 105 cm³/mol. The van der Waals surface area contributed by atoms with E-state index in [1.54, 1.807) is 0 Å². The van der Waals surface area contributed by atoms with E-state index in [4.69, 9.17) is 14.2 Å². The van der Waals surface area contributed by atoms with E-state index in [0.29, 0.717) is 26.2 Å². The van der Waals surface area contributed by atoms with Gasteiger partial charge in [-0.1, -0.05) is 30.9 Å². The third kappa shape index (κ3) is 5.00. The Kier molecular flexibility index (Phi) is 7.34. The zero-order valence-corrected chi connectivity index (χ0v) is 16.4. The highest BCUT2D eigenvalue weighted by Gasteiger charge is 2.27. The molecular formula is C23H25F3O3. The molecule has 0 saturated carbocycles. The summed E-state index contributed by atoms with van der Waals surface area (Å²) in [5.74, 6) is -2.32. The van der Waals surface area contributed by atoms with Gasteiger partial charge in [0.15, 0.2) is 23.2 Å². The SMILES string of the molecule is C=CCOc1ccc(-c2ccc(C3CCC(COCC)CO3)c(F)c2F)cc1F. The van der Waals surface area contributed by atoms with Gasteiger partial charge < -0.3 is 14.2 Å². The normalized spacial score (nSPS) is 19.2. The Morgan fingerprint density at radius 3 is 2.62 bits per heavy atom. The molecule has 3 rings (SSSR count). The average molecular weight is 406 g/mol. The number of rotatable bonds is 8. The summed E-state index contributed by atoms with van der Waals surface area (Å²) in [6.07, 6.45) is 2.42. The first-order valence-electron chi connectivity index (χ1n) is 9.76. The molecule has 0 aromatic heterocycles. The molecule has 2 unspecified atom stereocenters.